The van der Waals surface area contributed by atoms with Gasteiger partial charge in [0, 0.05) is 30.9 Å². The molecular formula is C18H21N3O4. The molecule has 7 heteroatoms. The molecule has 0 unspecified atom stereocenters. The lowest BCUT2D eigenvalue weighted by atomic mass is 9.87. The number of aliphatic hydroxyl groups excluding tert-OH is 1. The van der Waals surface area contributed by atoms with Gasteiger partial charge in [-0.1, -0.05) is 6.07 Å². The number of carbonyl (C=O) groups excluding carboxylic acids is 1. The zero-order valence-electron chi connectivity index (χ0n) is 14.1. The second-order valence-corrected chi connectivity index (χ2v) is 6.55. The standard InChI is InChI=1S/C18H21N3O4/c1-12-4-6-19-21(12)10-18(23)20-7-5-14(15(22)9-20)13-2-3-16-17(8-13)25-11-24-16/h2-4,6,8,14-15,22H,5,7,9-11H2,1H3/t14-,15+/m1/s1. The van der Waals surface area contributed by atoms with Crippen LogP contribution in [0.5, 0.6) is 11.5 Å². The first-order valence-corrected chi connectivity index (χ1v) is 8.45. The van der Waals surface area contributed by atoms with Crippen molar-refractivity contribution in [2.24, 2.45) is 0 Å². The Morgan fingerprint density at radius 2 is 2.16 bits per heavy atom. The van der Waals surface area contributed by atoms with E-state index in [-0.39, 0.29) is 25.2 Å². The van der Waals surface area contributed by atoms with E-state index in [9.17, 15) is 9.90 Å². The number of rotatable bonds is 3. The lowest BCUT2D eigenvalue weighted by molar-refractivity contribution is -0.135. The van der Waals surface area contributed by atoms with Gasteiger partial charge in [0.05, 0.1) is 6.10 Å². The van der Waals surface area contributed by atoms with Gasteiger partial charge in [-0.3, -0.25) is 9.48 Å². The average molecular weight is 343 g/mol. The minimum Gasteiger partial charge on any atom is -0.454 e. The smallest absolute Gasteiger partial charge is 0.244 e. The zero-order valence-corrected chi connectivity index (χ0v) is 14.1. The molecule has 7 nitrogen and oxygen atoms in total. The van der Waals surface area contributed by atoms with Gasteiger partial charge in [-0.2, -0.15) is 5.10 Å². The quantitative estimate of drug-likeness (QED) is 0.909. The third kappa shape index (κ3) is 3.07. The van der Waals surface area contributed by atoms with Crippen molar-refractivity contribution in [1.29, 1.82) is 0 Å². The molecule has 3 heterocycles. The molecule has 25 heavy (non-hydrogen) atoms. The molecule has 1 aromatic heterocycles. The summed E-state index contributed by atoms with van der Waals surface area (Å²) in [4.78, 5) is 14.2. The Bertz CT molecular complexity index is 788. The van der Waals surface area contributed by atoms with Crippen LogP contribution in [-0.2, 0) is 11.3 Å². The maximum atomic E-state index is 12.5. The number of benzene rings is 1. The number of β-amino-alcohol motifs (C(OH)–C–C–N with tert-alkyl or cyclic N) is 1. The van der Waals surface area contributed by atoms with Crippen molar-refractivity contribution < 1.29 is 19.4 Å². The summed E-state index contributed by atoms with van der Waals surface area (Å²) in [6.07, 6.45) is 1.80. The van der Waals surface area contributed by atoms with Crippen molar-refractivity contribution in [3.05, 3.63) is 41.7 Å². The lowest BCUT2D eigenvalue weighted by Gasteiger charge is -2.36. The second-order valence-electron chi connectivity index (χ2n) is 6.55. The van der Waals surface area contributed by atoms with E-state index in [0.717, 1.165) is 22.8 Å². The summed E-state index contributed by atoms with van der Waals surface area (Å²) < 4.78 is 12.4. The normalized spacial score (nSPS) is 22.2. The zero-order chi connectivity index (χ0) is 17.4. The van der Waals surface area contributed by atoms with Crippen LogP contribution in [0.15, 0.2) is 30.5 Å². The summed E-state index contributed by atoms with van der Waals surface area (Å²) >= 11 is 0. The van der Waals surface area contributed by atoms with Gasteiger partial charge in [0.15, 0.2) is 11.5 Å². The highest BCUT2D eigenvalue weighted by molar-refractivity contribution is 5.76. The minimum atomic E-state index is -0.600. The molecule has 1 aromatic carbocycles. The van der Waals surface area contributed by atoms with Crippen molar-refractivity contribution in [1.82, 2.24) is 14.7 Å². The number of aliphatic hydroxyl groups is 1. The summed E-state index contributed by atoms with van der Waals surface area (Å²) in [5, 5.41) is 14.7. The molecule has 0 saturated carbocycles. The van der Waals surface area contributed by atoms with Crippen molar-refractivity contribution in [2.75, 3.05) is 19.9 Å². The van der Waals surface area contributed by atoms with Crippen LogP contribution in [0, 0.1) is 6.92 Å². The Labute approximate surface area is 145 Å². The molecule has 0 spiro atoms. The van der Waals surface area contributed by atoms with Crippen molar-refractivity contribution in [3.63, 3.8) is 0 Å². The van der Waals surface area contributed by atoms with Crippen LogP contribution in [-0.4, -0.2) is 51.7 Å². The van der Waals surface area contributed by atoms with Gasteiger partial charge in [-0.15, -0.1) is 0 Å². The van der Waals surface area contributed by atoms with Crippen LogP contribution in [0.2, 0.25) is 0 Å². The molecule has 4 rings (SSSR count). The summed E-state index contributed by atoms with van der Waals surface area (Å²) in [5.41, 5.74) is 1.97. The number of fused-ring (bicyclic) bond motifs is 1. The molecule has 1 amide bonds. The molecule has 132 valence electrons. The van der Waals surface area contributed by atoms with E-state index in [1.54, 1.807) is 15.8 Å². The number of likely N-dealkylation sites (tertiary alicyclic amines) is 1. The molecule has 1 saturated heterocycles. The highest BCUT2D eigenvalue weighted by atomic mass is 16.7. The Morgan fingerprint density at radius 1 is 1.32 bits per heavy atom. The van der Waals surface area contributed by atoms with Crippen LogP contribution < -0.4 is 9.47 Å². The summed E-state index contributed by atoms with van der Waals surface area (Å²) in [5.74, 6) is 1.43. The molecule has 2 aliphatic heterocycles. The number of hydrogen-bond acceptors (Lipinski definition) is 5. The SMILES string of the molecule is Cc1ccnn1CC(=O)N1CC[C@H](c2ccc3c(c2)OCO3)[C@@H](O)C1. The van der Waals surface area contributed by atoms with E-state index in [4.69, 9.17) is 9.47 Å². The van der Waals surface area contributed by atoms with Crippen molar-refractivity contribution >= 4 is 5.91 Å². The number of amides is 1. The molecule has 2 aliphatic rings. The molecular weight excluding hydrogens is 322 g/mol. The summed E-state index contributed by atoms with van der Waals surface area (Å²) in [6, 6.07) is 7.64. The fourth-order valence-electron chi connectivity index (χ4n) is 3.48. The molecule has 0 aliphatic carbocycles. The Kier molecular flexibility index (Phi) is 4.09. The molecule has 1 N–H and O–H groups in total. The van der Waals surface area contributed by atoms with Crippen molar-refractivity contribution in [3.8, 4) is 11.5 Å². The van der Waals surface area contributed by atoms with E-state index >= 15 is 0 Å². The number of aryl methyl sites for hydroxylation is 1. The molecule has 1 fully saturated rings. The third-order valence-electron chi connectivity index (χ3n) is 4.97. The lowest BCUT2D eigenvalue weighted by Crippen LogP contribution is -2.46. The van der Waals surface area contributed by atoms with Crippen molar-refractivity contribution in [2.45, 2.75) is 31.9 Å². The molecule has 0 radical (unpaired) electrons. The summed E-state index contributed by atoms with van der Waals surface area (Å²) in [7, 11) is 0. The topological polar surface area (TPSA) is 76.8 Å². The number of piperidine rings is 1. The van der Waals surface area contributed by atoms with Gasteiger partial charge in [0.1, 0.15) is 6.54 Å². The first-order chi connectivity index (χ1) is 12.1. The summed E-state index contributed by atoms with van der Waals surface area (Å²) in [6.45, 7) is 3.32. The number of aromatic nitrogens is 2. The first-order valence-electron chi connectivity index (χ1n) is 8.45. The van der Waals surface area contributed by atoms with Crippen LogP contribution >= 0.6 is 0 Å². The minimum absolute atomic E-state index is 0.00927. The number of ether oxygens (including phenoxy) is 2. The predicted molar refractivity (Wildman–Crippen MR) is 89.5 cm³/mol. The monoisotopic (exact) mass is 343 g/mol. The van der Waals surface area contributed by atoms with Crippen LogP contribution in [0.3, 0.4) is 0 Å². The van der Waals surface area contributed by atoms with Gasteiger partial charge in [-0.25, -0.2) is 0 Å². The van der Waals surface area contributed by atoms with Gasteiger partial charge in [-0.05, 0) is 37.1 Å². The first kappa shape index (κ1) is 16.0. The maximum Gasteiger partial charge on any atom is 0.244 e. The maximum absolute atomic E-state index is 12.5. The van der Waals surface area contributed by atoms with E-state index in [1.807, 2.05) is 31.2 Å². The highest BCUT2D eigenvalue weighted by Gasteiger charge is 2.32. The third-order valence-corrected chi connectivity index (χ3v) is 4.97. The van der Waals surface area contributed by atoms with Crippen LogP contribution in [0.4, 0.5) is 0 Å². The largest absolute Gasteiger partial charge is 0.454 e. The van der Waals surface area contributed by atoms with Gasteiger partial charge in [0.2, 0.25) is 12.7 Å². The number of carbonyl (C=O) groups is 1. The van der Waals surface area contributed by atoms with E-state index in [0.29, 0.717) is 19.5 Å². The predicted octanol–water partition coefficient (Wildman–Crippen LogP) is 1.30. The van der Waals surface area contributed by atoms with Gasteiger partial charge >= 0.3 is 0 Å². The van der Waals surface area contributed by atoms with Crippen LogP contribution in [0.25, 0.3) is 0 Å². The Balaban J connectivity index is 1.42. The van der Waals surface area contributed by atoms with E-state index in [2.05, 4.69) is 5.10 Å². The average Bonchev–Trinajstić information content (AvgIpc) is 3.23. The van der Waals surface area contributed by atoms with E-state index in [1.165, 1.54) is 0 Å². The van der Waals surface area contributed by atoms with E-state index < -0.39 is 6.10 Å². The number of hydrogen-bond donors (Lipinski definition) is 1. The highest BCUT2D eigenvalue weighted by Crippen LogP contribution is 2.37. The van der Waals surface area contributed by atoms with Gasteiger partial charge < -0.3 is 19.5 Å². The Morgan fingerprint density at radius 3 is 2.92 bits per heavy atom. The Hall–Kier alpha value is -2.54. The van der Waals surface area contributed by atoms with Gasteiger partial charge in [0.25, 0.3) is 0 Å². The molecule has 2 atom stereocenters. The molecule has 0 bridgehead atoms. The fraction of sp³-hybridized carbons (Fsp3) is 0.444. The fourth-order valence-corrected chi connectivity index (χ4v) is 3.48. The second kappa shape index (κ2) is 6.40. The van der Waals surface area contributed by atoms with Crippen LogP contribution in [0.1, 0.15) is 23.6 Å². The number of nitrogens with zero attached hydrogens (tertiary/aromatic N) is 3. The molecule has 2 aromatic rings.